The highest BCUT2D eigenvalue weighted by Crippen LogP contribution is 2.13. The van der Waals surface area contributed by atoms with E-state index in [9.17, 15) is 0 Å². The minimum atomic E-state index is 0.198. The summed E-state index contributed by atoms with van der Waals surface area (Å²) in [5.41, 5.74) is 5.81. The predicted molar refractivity (Wildman–Crippen MR) is 81.2 cm³/mol. The maximum atomic E-state index is 5.81. The summed E-state index contributed by atoms with van der Waals surface area (Å²) in [7, 11) is 0. The third-order valence-corrected chi connectivity index (χ3v) is 3.10. The number of hydrogen-bond donors (Lipinski definition) is 1. The quantitative estimate of drug-likeness (QED) is 0.785. The van der Waals surface area contributed by atoms with Gasteiger partial charge in [-0.1, -0.05) is 26.7 Å². The summed E-state index contributed by atoms with van der Waals surface area (Å²) in [6.45, 7) is 6.16. The Labute approximate surface area is 124 Å². The number of aromatic nitrogens is 6. The Morgan fingerprint density at radius 1 is 1.10 bits per heavy atom. The van der Waals surface area contributed by atoms with Gasteiger partial charge in [0.2, 0.25) is 11.9 Å². The molecule has 21 heavy (non-hydrogen) atoms. The molecule has 2 aromatic heterocycles. The molecule has 0 unspecified atom stereocenters. The van der Waals surface area contributed by atoms with Crippen molar-refractivity contribution in [2.24, 2.45) is 0 Å². The van der Waals surface area contributed by atoms with Crippen LogP contribution in [-0.4, -0.2) is 42.8 Å². The van der Waals surface area contributed by atoms with Crippen molar-refractivity contribution >= 4 is 11.9 Å². The van der Waals surface area contributed by atoms with Gasteiger partial charge in [-0.3, -0.25) is 0 Å². The van der Waals surface area contributed by atoms with Crippen LogP contribution in [0, 0.1) is 0 Å². The molecule has 2 N–H and O–H groups in total. The molecule has 8 nitrogen and oxygen atoms in total. The van der Waals surface area contributed by atoms with Crippen LogP contribution in [-0.2, 0) is 0 Å². The normalized spacial score (nSPS) is 10.8. The standard InChI is InChI=1S/C13H22N8/c1-3-5-7-20(8-6-4-2)12-17-11(14)18-13(19-12)21-10-15-9-16-21/h9-10H,3-8H2,1-2H3,(H2,14,17,18,19). The van der Waals surface area contributed by atoms with E-state index in [0.717, 1.165) is 38.8 Å². The molecule has 0 atom stereocenters. The summed E-state index contributed by atoms with van der Waals surface area (Å²) in [6.07, 6.45) is 7.41. The van der Waals surface area contributed by atoms with Crippen molar-refractivity contribution in [1.82, 2.24) is 29.7 Å². The summed E-state index contributed by atoms with van der Waals surface area (Å²) >= 11 is 0. The van der Waals surface area contributed by atoms with Gasteiger partial charge in [0.25, 0.3) is 5.95 Å². The van der Waals surface area contributed by atoms with Crippen LogP contribution >= 0.6 is 0 Å². The zero-order valence-electron chi connectivity index (χ0n) is 12.6. The Morgan fingerprint density at radius 2 is 1.81 bits per heavy atom. The third kappa shape index (κ3) is 4.11. The fraction of sp³-hybridized carbons (Fsp3) is 0.615. The number of rotatable bonds is 8. The first-order valence-electron chi connectivity index (χ1n) is 7.36. The first-order chi connectivity index (χ1) is 10.2. The largest absolute Gasteiger partial charge is 0.368 e. The van der Waals surface area contributed by atoms with Crippen LogP contribution in [0.2, 0.25) is 0 Å². The lowest BCUT2D eigenvalue weighted by Gasteiger charge is -2.22. The molecule has 2 aromatic rings. The lowest BCUT2D eigenvalue weighted by Crippen LogP contribution is -2.28. The second-order valence-electron chi connectivity index (χ2n) is 4.83. The summed E-state index contributed by atoms with van der Waals surface area (Å²) < 4.78 is 1.49. The van der Waals surface area contributed by atoms with Crippen LogP contribution in [0.25, 0.3) is 5.95 Å². The van der Waals surface area contributed by atoms with E-state index in [4.69, 9.17) is 5.73 Å². The van der Waals surface area contributed by atoms with Gasteiger partial charge in [0.05, 0.1) is 0 Å². The molecule has 8 heteroatoms. The topological polar surface area (TPSA) is 98.6 Å². The van der Waals surface area contributed by atoms with Crippen LogP contribution < -0.4 is 10.6 Å². The molecule has 0 bridgehead atoms. The SMILES string of the molecule is CCCCN(CCCC)c1nc(N)nc(-n2cncn2)n1. The lowest BCUT2D eigenvalue weighted by molar-refractivity contribution is 0.657. The number of nitrogens with two attached hydrogens (primary N) is 1. The molecule has 0 saturated heterocycles. The van der Waals surface area contributed by atoms with Crippen LogP contribution in [0.3, 0.4) is 0 Å². The monoisotopic (exact) mass is 290 g/mol. The Kier molecular flexibility index (Phi) is 5.42. The molecule has 0 aliphatic rings. The van der Waals surface area contributed by atoms with Crippen molar-refractivity contribution in [3.8, 4) is 5.95 Å². The van der Waals surface area contributed by atoms with E-state index in [1.54, 1.807) is 6.33 Å². The maximum absolute atomic E-state index is 5.81. The van der Waals surface area contributed by atoms with E-state index in [-0.39, 0.29) is 5.95 Å². The van der Waals surface area contributed by atoms with E-state index in [2.05, 4.69) is 43.8 Å². The minimum absolute atomic E-state index is 0.198. The number of anilines is 2. The molecule has 0 fully saturated rings. The highest BCUT2D eigenvalue weighted by Gasteiger charge is 2.13. The highest BCUT2D eigenvalue weighted by atomic mass is 15.4. The minimum Gasteiger partial charge on any atom is -0.368 e. The van der Waals surface area contributed by atoms with Gasteiger partial charge in [-0.05, 0) is 12.8 Å². The van der Waals surface area contributed by atoms with Crippen molar-refractivity contribution in [1.29, 1.82) is 0 Å². The van der Waals surface area contributed by atoms with Gasteiger partial charge in [-0.2, -0.15) is 24.7 Å². The Bertz CT molecular complexity index is 531. The Morgan fingerprint density at radius 3 is 2.38 bits per heavy atom. The van der Waals surface area contributed by atoms with Gasteiger partial charge in [0.1, 0.15) is 12.7 Å². The number of nitrogen functional groups attached to an aromatic ring is 1. The van der Waals surface area contributed by atoms with Crippen molar-refractivity contribution in [2.75, 3.05) is 23.7 Å². The highest BCUT2D eigenvalue weighted by molar-refractivity contribution is 5.37. The fourth-order valence-corrected chi connectivity index (χ4v) is 1.93. The maximum Gasteiger partial charge on any atom is 0.258 e. The summed E-state index contributed by atoms with van der Waals surface area (Å²) in [6, 6.07) is 0. The molecule has 0 aromatic carbocycles. The number of unbranched alkanes of at least 4 members (excludes halogenated alkanes) is 2. The lowest BCUT2D eigenvalue weighted by atomic mass is 10.3. The van der Waals surface area contributed by atoms with E-state index in [1.807, 2.05) is 0 Å². The van der Waals surface area contributed by atoms with E-state index in [1.165, 1.54) is 11.0 Å². The predicted octanol–water partition coefficient (Wildman–Crippen LogP) is 1.44. The van der Waals surface area contributed by atoms with Gasteiger partial charge >= 0.3 is 0 Å². The summed E-state index contributed by atoms with van der Waals surface area (Å²) in [5, 5.41) is 4.03. The van der Waals surface area contributed by atoms with E-state index in [0.29, 0.717) is 11.9 Å². The molecule has 0 aliphatic heterocycles. The number of nitrogens with zero attached hydrogens (tertiary/aromatic N) is 7. The van der Waals surface area contributed by atoms with Gasteiger partial charge in [-0.15, -0.1) is 0 Å². The van der Waals surface area contributed by atoms with Gasteiger partial charge in [-0.25, -0.2) is 4.98 Å². The van der Waals surface area contributed by atoms with E-state index >= 15 is 0 Å². The molecule has 0 saturated carbocycles. The van der Waals surface area contributed by atoms with Crippen molar-refractivity contribution in [3.63, 3.8) is 0 Å². The fourth-order valence-electron chi connectivity index (χ4n) is 1.93. The third-order valence-electron chi connectivity index (χ3n) is 3.10. The van der Waals surface area contributed by atoms with Crippen molar-refractivity contribution in [3.05, 3.63) is 12.7 Å². The van der Waals surface area contributed by atoms with Gasteiger partial charge < -0.3 is 10.6 Å². The smallest absolute Gasteiger partial charge is 0.258 e. The van der Waals surface area contributed by atoms with Crippen molar-refractivity contribution < 1.29 is 0 Å². The molecule has 114 valence electrons. The van der Waals surface area contributed by atoms with Crippen LogP contribution in [0.1, 0.15) is 39.5 Å². The van der Waals surface area contributed by atoms with Crippen LogP contribution in [0.5, 0.6) is 0 Å². The molecule has 0 aliphatic carbocycles. The van der Waals surface area contributed by atoms with E-state index < -0.39 is 0 Å². The summed E-state index contributed by atoms with van der Waals surface area (Å²) in [5.74, 6) is 1.20. The van der Waals surface area contributed by atoms with Crippen molar-refractivity contribution in [2.45, 2.75) is 39.5 Å². The Hall–Kier alpha value is -2.25. The van der Waals surface area contributed by atoms with Gasteiger partial charge in [0, 0.05) is 13.1 Å². The van der Waals surface area contributed by atoms with Crippen LogP contribution in [0.15, 0.2) is 12.7 Å². The second kappa shape index (κ2) is 7.51. The molecular weight excluding hydrogens is 268 g/mol. The average Bonchev–Trinajstić information content (AvgIpc) is 3.01. The molecule has 0 amide bonds. The molecule has 0 spiro atoms. The van der Waals surface area contributed by atoms with Gasteiger partial charge in [0.15, 0.2) is 0 Å². The molecule has 0 radical (unpaired) electrons. The summed E-state index contributed by atoms with van der Waals surface area (Å²) in [4.78, 5) is 18.9. The average molecular weight is 290 g/mol. The van der Waals surface area contributed by atoms with Crippen LogP contribution in [0.4, 0.5) is 11.9 Å². The number of hydrogen-bond acceptors (Lipinski definition) is 7. The first kappa shape index (κ1) is 15.1. The molecule has 2 heterocycles. The first-order valence-corrected chi connectivity index (χ1v) is 7.36. The zero-order chi connectivity index (χ0) is 15.1. The second-order valence-corrected chi connectivity index (χ2v) is 4.83. The molecule has 2 rings (SSSR count). The molecular formula is C13H22N8. The Balaban J connectivity index is 2.26. The zero-order valence-corrected chi connectivity index (χ0v) is 12.6.